The van der Waals surface area contributed by atoms with Crippen LogP contribution in [0.5, 0.6) is 5.75 Å². The number of aromatic nitrogens is 2. The second kappa shape index (κ2) is 10.9. The number of fused-ring (bicyclic) bond motifs is 3. The molecule has 184 valence electrons. The number of hydrogen-bond donors (Lipinski definition) is 2. The van der Waals surface area contributed by atoms with E-state index in [2.05, 4.69) is 39.9 Å². The van der Waals surface area contributed by atoms with Crippen molar-refractivity contribution in [1.82, 2.24) is 9.97 Å². The first-order valence-electron chi connectivity index (χ1n) is 12.2. The standard InChI is InChI=1S/C31H26N4O.H2O/c1-4-13-25-22(10-1)26(18-20-33-25)32-19-9-21-36-30-17-8-7-16-29(30)35-31-23-11-2-5-14-27(23)34-28-15-6-3-12-24(28)31;/h1-8,10-18,20H,9,19,21H2,(H,32,33)(H,34,35);1H2. The van der Waals surface area contributed by atoms with Crippen molar-refractivity contribution in [3.05, 3.63) is 109 Å². The average Bonchev–Trinajstić information content (AvgIpc) is 2.93. The predicted molar refractivity (Wildman–Crippen MR) is 153 cm³/mol. The number of anilines is 3. The lowest BCUT2D eigenvalue weighted by atomic mass is 10.1. The molecule has 0 aliphatic heterocycles. The van der Waals surface area contributed by atoms with Gasteiger partial charge in [0.25, 0.3) is 0 Å². The molecule has 0 spiro atoms. The number of ether oxygens (including phenoxy) is 1. The number of para-hydroxylation sites is 5. The monoisotopic (exact) mass is 488 g/mol. The first-order valence-corrected chi connectivity index (χ1v) is 12.2. The van der Waals surface area contributed by atoms with E-state index in [4.69, 9.17) is 9.72 Å². The van der Waals surface area contributed by atoms with Gasteiger partial charge in [0.15, 0.2) is 0 Å². The van der Waals surface area contributed by atoms with Gasteiger partial charge in [-0.15, -0.1) is 0 Å². The molecule has 0 aliphatic carbocycles. The molecule has 4 aromatic carbocycles. The third-order valence-corrected chi connectivity index (χ3v) is 6.28. The van der Waals surface area contributed by atoms with Crippen LogP contribution in [0.15, 0.2) is 109 Å². The van der Waals surface area contributed by atoms with Gasteiger partial charge in [0, 0.05) is 34.6 Å². The van der Waals surface area contributed by atoms with Crippen LogP contribution in [-0.4, -0.2) is 28.6 Å². The van der Waals surface area contributed by atoms with Crippen molar-refractivity contribution in [1.29, 1.82) is 0 Å². The predicted octanol–water partition coefficient (Wildman–Crippen LogP) is 6.74. The fraction of sp³-hybridized carbons (Fsp3) is 0.0968. The highest BCUT2D eigenvalue weighted by molar-refractivity contribution is 6.08. The zero-order valence-corrected chi connectivity index (χ0v) is 20.3. The van der Waals surface area contributed by atoms with Gasteiger partial charge >= 0.3 is 0 Å². The zero-order chi connectivity index (χ0) is 24.2. The van der Waals surface area contributed by atoms with E-state index in [1.54, 1.807) is 0 Å². The number of hydrogen-bond acceptors (Lipinski definition) is 5. The second-order valence-corrected chi connectivity index (χ2v) is 8.65. The Balaban J connectivity index is 0.00000280. The normalized spacial score (nSPS) is 10.8. The quantitative estimate of drug-likeness (QED) is 0.183. The van der Waals surface area contributed by atoms with Crippen LogP contribution in [0, 0.1) is 0 Å². The van der Waals surface area contributed by atoms with Crippen molar-refractivity contribution in [2.45, 2.75) is 6.42 Å². The topological polar surface area (TPSA) is 90.6 Å². The Kier molecular flexibility index (Phi) is 7.10. The van der Waals surface area contributed by atoms with Crippen LogP contribution in [0.3, 0.4) is 0 Å². The summed E-state index contributed by atoms with van der Waals surface area (Å²) in [6.07, 6.45) is 2.71. The summed E-state index contributed by atoms with van der Waals surface area (Å²) in [6, 6.07) is 34.7. The van der Waals surface area contributed by atoms with Crippen LogP contribution in [0.25, 0.3) is 32.7 Å². The van der Waals surface area contributed by atoms with Crippen LogP contribution in [-0.2, 0) is 0 Å². The van der Waals surface area contributed by atoms with E-state index in [9.17, 15) is 0 Å². The lowest BCUT2D eigenvalue weighted by Crippen LogP contribution is -2.08. The molecule has 0 saturated heterocycles. The lowest BCUT2D eigenvalue weighted by molar-refractivity contribution is 0.316. The highest BCUT2D eigenvalue weighted by Crippen LogP contribution is 2.35. The van der Waals surface area contributed by atoms with E-state index < -0.39 is 0 Å². The highest BCUT2D eigenvalue weighted by Gasteiger charge is 2.11. The van der Waals surface area contributed by atoms with E-state index >= 15 is 0 Å². The Bertz CT molecular complexity index is 1610. The molecule has 6 aromatic rings. The summed E-state index contributed by atoms with van der Waals surface area (Å²) >= 11 is 0. The van der Waals surface area contributed by atoms with Gasteiger partial charge < -0.3 is 20.8 Å². The number of rotatable bonds is 8. The first-order chi connectivity index (χ1) is 17.9. The molecule has 0 saturated carbocycles. The summed E-state index contributed by atoms with van der Waals surface area (Å²) in [5, 5.41) is 10.5. The summed E-state index contributed by atoms with van der Waals surface area (Å²) in [7, 11) is 0. The highest BCUT2D eigenvalue weighted by atomic mass is 16.5. The van der Waals surface area contributed by atoms with Crippen molar-refractivity contribution in [3.63, 3.8) is 0 Å². The molecular weight excluding hydrogens is 460 g/mol. The molecule has 2 heterocycles. The number of nitrogens with zero attached hydrogens (tertiary/aromatic N) is 2. The molecule has 0 bridgehead atoms. The molecule has 0 unspecified atom stereocenters. The van der Waals surface area contributed by atoms with Gasteiger partial charge in [-0.2, -0.15) is 0 Å². The lowest BCUT2D eigenvalue weighted by Gasteiger charge is -2.17. The smallest absolute Gasteiger partial charge is 0.142 e. The van der Waals surface area contributed by atoms with Crippen molar-refractivity contribution < 1.29 is 10.2 Å². The molecular formula is C31H28N4O2. The summed E-state index contributed by atoms with van der Waals surface area (Å²) in [5.74, 6) is 0.830. The summed E-state index contributed by atoms with van der Waals surface area (Å²) < 4.78 is 6.23. The maximum atomic E-state index is 6.23. The fourth-order valence-corrected chi connectivity index (χ4v) is 4.53. The van der Waals surface area contributed by atoms with E-state index in [1.165, 1.54) is 0 Å². The summed E-state index contributed by atoms with van der Waals surface area (Å²) in [4.78, 5) is 9.27. The Labute approximate surface area is 215 Å². The average molecular weight is 489 g/mol. The molecule has 6 nitrogen and oxygen atoms in total. The van der Waals surface area contributed by atoms with E-state index in [0.717, 1.165) is 68.5 Å². The third-order valence-electron chi connectivity index (χ3n) is 6.28. The Morgan fingerprint density at radius 2 is 1.24 bits per heavy atom. The van der Waals surface area contributed by atoms with E-state index in [0.29, 0.717) is 6.61 Å². The Morgan fingerprint density at radius 1 is 0.622 bits per heavy atom. The van der Waals surface area contributed by atoms with Crippen LogP contribution in [0.2, 0.25) is 0 Å². The molecule has 0 fully saturated rings. The molecule has 6 rings (SSSR count). The van der Waals surface area contributed by atoms with Gasteiger partial charge in [0.05, 0.1) is 34.5 Å². The molecule has 0 amide bonds. The van der Waals surface area contributed by atoms with Crippen LogP contribution >= 0.6 is 0 Å². The number of pyridine rings is 2. The van der Waals surface area contributed by atoms with E-state index in [-0.39, 0.29) is 5.48 Å². The SMILES string of the molecule is O.c1ccc(OCCCNc2ccnc3ccccc23)c(Nc2c3ccccc3nc3ccccc23)c1. The van der Waals surface area contributed by atoms with Gasteiger partial charge in [-0.25, -0.2) is 4.98 Å². The summed E-state index contributed by atoms with van der Waals surface area (Å²) in [5.41, 5.74) is 6.00. The molecule has 6 heteroatoms. The molecule has 4 N–H and O–H groups in total. The Hall–Kier alpha value is -4.68. The zero-order valence-electron chi connectivity index (χ0n) is 20.3. The second-order valence-electron chi connectivity index (χ2n) is 8.65. The minimum atomic E-state index is 0. The van der Waals surface area contributed by atoms with Crippen molar-refractivity contribution >= 4 is 49.8 Å². The van der Waals surface area contributed by atoms with Gasteiger partial charge in [0.1, 0.15) is 5.75 Å². The maximum Gasteiger partial charge on any atom is 0.142 e. The van der Waals surface area contributed by atoms with Gasteiger partial charge in [-0.05, 0) is 42.8 Å². The fourth-order valence-electron chi connectivity index (χ4n) is 4.53. The largest absolute Gasteiger partial charge is 0.491 e. The van der Waals surface area contributed by atoms with Crippen molar-refractivity contribution in [3.8, 4) is 5.75 Å². The third kappa shape index (κ3) is 5.01. The van der Waals surface area contributed by atoms with Gasteiger partial charge in [0.2, 0.25) is 0 Å². The van der Waals surface area contributed by atoms with Crippen LogP contribution < -0.4 is 15.4 Å². The van der Waals surface area contributed by atoms with E-state index in [1.807, 2.05) is 85.1 Å². The van der Waals surface area contributed by atoms with Crippen molar-refractivity contribution in [2.75, 3.05) is 23.8 Å². The van der Waals surface area contributed by atoms with Crippen LogP contribution in [0.1, 0.15) is 6.42 Å². The van der Waals surface area contributed by atoms with Gasteiger partial charge in [-0.1, -0.05) is 66.7 Å². The molecule has 0 aliphatic rings. The Morgan fingerprint density at radius 3 is 2.00 bits per heavy atom. The molecule has 0 atom stereocenters. The first kappa shape index (κ1) is 24.0. The minimum Gasteiger partial charge on any atom is -0.491 e. The minimum absolute atomic E-state index is 0. The molecule has 2 aromatic heterocycles. The molecule has 0 radical (unpaired) electrons. The summed E-state index contributed by atoms with van der Waals surface area (Å²) in [6.45, 7) is 1.41. The number of nitrogens with one attached hydrogen (secondary N) is 2. The number of benzene rings is 4. The van der Waals surface area contributed by atoms with Crippen molar-refractivity contribution in [2.24, 2.45) is 0 Å². The van der Waals surface area contributed by atoms with Crippen LogP contribution in [0.4, 0.5) is 17.1 Å². The maximum absolute atomic E-state index is 6.23. The molecule has 37 heavy (non-hydrogen) atoms. The van der Waals surface area contributed by atoms with Gasteiger partial charge in [-0.3, -0.25) is 4.98 Å².